The minimum atomic E-state index is -0.152. The van der Waals surface area contributed by atoms with E-state index in [1.54, 1.807) is 23.2 Å². The van der Waals surface area contributed by atoms with Crippen molar-refractivity contribution in [3.05, 3.63) is 114 Å². The molecule has 6 heteroatoms. The van der Waals surface area contributed by atoms with Crippen LogP contribution >= 0.6 is 11.3 Å². The summed E-state index contributed by atoms with van der Waals surface area (Å²) in [5, 5.41) is 0.654. The number of hydrogen-bond donors (Lipinski definition) is 0. The maximum Gasteiger partial charge on any atom is 0.260 e. The summed E-state index contributed by atoms with van der Waals surface area (Å²) < 4.78 is 7.02. The fourth-order valence-electron chi connectivity index (χ4n) is 3.75. The number of aryl methyl sites for hydroxylation is 1. The van der Waals surface area contributed by atoms with E-state index in [2.05, 4.69) is 18.0 Å². The predicted molar refractivity (Wildman–Crippen MR) is 137 cm³/mol. The van der Waals surface area contributed by atoms with Gasteiger partial charge in [-0.3, -0.25) is 14.7 Å². The molecule has 0 N–H and O–H groups in total. The van der Waals surface area contributed by atoms with Crippen LogP contribution in [0.15, 0.2) is 97.2 Å². The molecule has 5 nitrogen and oxygen atoms in total. The van der Waals surface area contributed by atoms with Gasteiger partial charge >= 0.3 is 0 Å². The van der Waals surface area contributed by atoms with E-state index in [9.17, 15) is 4.79 Å². The molecule has 0 aliphatic rings. The van der Waals surface area contributed by atoms with Gasteiger partial charge in [-0.2, -0.15) is 0 Å². The summed E-state index contributed by atoms with van der Waals surface area (Å²) in [7, 11) is 0. The first-order valence-electron chi connectivity index (χ1n) is 11.1. The van der Waals surface area contributed by atoms with Crippen LogP contribution in [0.25, 0.3) is 10.2 Å². The van der Waals surface area contributed by atoms with Crippen molar-refractivity contribution in [2.75, 3.05) is 4.90 Å². The Labute approximate surface area is 202 Å². The number of rotatable bonds is 7. The van der Waals surface area contributed by atoms with Gasteiger partial charge in [-0.25, -0.2) is 4.98 Å². The minimum absolute atomic E-state index is 0.152. The van der Waals surface area contributed by atoms with Crippen molar-refractivity contribution in [2.24, 2.45) is 0 Å². The highest BCUT2D eigenvalue weighted by Crippen LogP contribution is 2.33. The number of para-hydroxylation sites is 2. The molecule has 0 unspecified atom stereocenters. The van der Waals surface area contributed by atoms with Crippen LogP contribution < -0.4 is 9.64 Å². The number of pyridine rings is 1. The van der Waals surface area contributed by atoms with Gasteiger partial charge in [0.1, 0.15) is 11.5 Å². The Kier molecular flexibility index (Phi) is 6.31. The molecule has 2 aromatic heterocycles. The number of fused-ring (bicyclic) bond motifs is 1. The summed E-state index contributed by atoms with van der Waals surface area (Å²) in [4.78, 5) is 24.8. The molecule has 3 aromatic carbocycles. The van der Waals surface area contributed by atoms with Gasteiger partial charge in [-0.1, -0.05) is 60.7 Å². The first-order chi connectivity index (χ1) is 16.7. The maximum atomic E-state index is 13.8. The average Bonchev–Trinajstić information content (AvgIpc) is 3.32. The van der Waals surface area contributed by atoms with E-state index in [1.807, 2.05) is 72.8 Å². The number of benzene rings is 3. The van der Waals surface area contributed by atoms with Crippen LogP contribution in [0, 0.1) is 0 Å². The van der Waals surface area contributed by atoms with Crippen LogP contribution in [0.1, 0.15) is 28.5 Å². The van der Waals surface area contributed by atoms with Crippen LogP contribution in [0.2, 0.25) is 0 Å². The highest BCUT2D eigenvalue weighted by atomic mass is 32.1. The fraction of sp³-hybridized carbons (Fsp3) is 0.107. The normalized spacial score (nSPS) is 10.9. The molecule has 0 aliphatic heterocycles. The lowest BCUT2D eigenvalue weighted by Gasteiger charge is -2.20. The summed E-state index contributed by atoms with van der Waals surface area (Å²) >= 11 is 1.52. The Hall–Kier alpha value is -4.03. The quantitative estimate of drug-likeness (QED) is 0.262. The number of carbonyl (C=O) groups excluding carboxylic acids is 1. The standard InChI is InChI=1S/C28H23N3O2S/c1-2-20-10-9-16-25-26(20)30-28(34-25)31(19-22-12-6-7-17-29-22)27(32)21-11-8-15-24(18-21)33-23-13-4-3-5-14-23/h3-18H,2,19H2,1H3. The molecule has 0 atom stereocenters. The highest BCUT2D eigenvalue weighted by molar-refractivity contribution is 7.22. The van der Waals surface area contributed by atoms with Crippen molar-refractivity contribution >= 4 is 32.6 Å². The Bertz CT molecular complexity index is 1420. The molecule has 1 amide bonds. The second-order valence-electron chi connectivity index (χ2n) is 7.77. The lowest BCUT2D eigenvalue weighted by molar-refractivity contribution is 0.0984. The number of ether oxygens (including phenoxy) is 1. The maximum absolute atomic E-state index is 13.8. The Morgan fingerprint density at radius 1 is 0.912 bits per heavy atom. The smallest absolute Gasteiger partial charge is 0.260 e. The number of hydrogen-bond acceptors (Lipinski definition) is 5. The van der Waals surface area contributed by atoms with Gasteiger partial charge in [-0.15, -0.1) is 0 Å². The first-order valence-corrected chi connectivity index (χ1v) is 12.0. The van der Waals surface area contributed by atoms with Crippen LogP contribution in [-0.4, -0.2) is 15.9 Å². The number of nitrogens with zero attached hydrogens (tertiary/aromatic N) is 3. The van der Waals surface area contributed by atoms with Crippen molar-refractivity contribution in [1.29, 1.82) is 0 Å². The number of carbonyl (C=O) groups is 1. The molecule has 0 radical (unpaired) electrons. The molecular weight excluding hydrogens is 442 g/mol. The van der Waals surface area contributed by atoms with E-state index >= 15 is 0 Å². The lowest BCUT2D eigenvalue weighted by Crippen LogP contribution is -2.30. The van der Waals surface area contributed by atoms with Crippen LogP contribution in [0.5, 0.6) is 11.5 Å². The summed E-state index contributed by atoms with van der Waals surface area (Å²) in [6, 6.07) is 28.7. The Balaban J connectivity index is 1.52. The third-order valence-corrected chi connectivity index (χ3v) is 6.50. The fourth-order valence-corrected chi connectivity index (χ4v) is 4.76. The zero-order chi connectivity index (χ0) is 23.3. The van der Waals surface area contributed by atoms with Gasteiger partial charge in [0, 0.05) is 11.8 Å². The van der Waals surface area contributed by atoms with Crippen LogP contribution in [-0.2, 0) is 13.0 Å². The first kappa shape index (κ1) is 21.8. The lowest BCUT2D eigenvalue weighted by atomic mass is 10.1. The van der Waals surface area contributed by atoms with Gasteiger partial charge in [0.2, 0.25) is 0 Å². The summed E-state index contributed by atoms with van der Waals surface area (Å²) in [5.41, 5.74) is 3.44. The molecule has 34 heavy (non-hydrogen) atoms. The third-order valence-electron chi connectivity index (χ3n) is 5.45. The molecule has 168 valence electrons. The number of amides is 1. The molecular formula is C28H23N3O2S. The predicted octanol–water partition coefficient (Wildman–Crippen LogP) is 6.89. The van der Waals surface area contributed by atoms with Crippen LogP contribution in [0.4, 0.5) is 5.13 Å². The molecule has 0 bridgehead atoms. The van der Waals surface area contributed by atoms with Crippen molar-refractivity contribution in [1.82, 2.24) is 9.97 Å². The Morgan fingerprint density at radius 2 is 1.71 bits per heavy atom. The summed E-state index contributed by atoms with van der Waals surface area (Å²) in [6.07, 6.45) is 2.62. The van der Waals surface area contributed by atoms with E-state index in [-0.39, 0.29) is 5.91 Å². The van der Waals surface area contributed by atoms with E-state index in [0.29, 0.717) is 23.0 Å². The molecule has 5 aromatic rings. The monoisotopic (exact) mass is 465 g/mol. The third kappa shape index (κ3) is 4.67. The zero-order valence-corrected chi connectivity index (χ0v) is 19.5. The van der Waals surface area contributed by atoms with Crippen molar-refractivity contribution < 1.29 is 9.53 Å². The largest absolute Gasteiger partial charge is 0.457 e. The molecule has 0 saturated carbocycles. The topological polar surface area (TPSA) is 55.3 Å². The molecule has 0 aliphatic carbocycles. The average molecular weight is 466 g/mol. The zero-order valence-electron chi connectivity index (χ0n) is 18.7. The molecule has 0 saturated heterocycles. The highest BCUT2D eigenvalue weighted by Gasteiger charge is 2.23. The van der Waals surface area contributed by atoms with Crippen LogP contribution in [0.3, 0.4) is 0 Å². The van der Waals surface area contributed by atoms with Gasteiger partial charge in [-0.05, 0) is 60.5 Å². The van der Waals surface area contributed by atoms with E-state index in [1.165, 1.54) is 16.9 Å². The second-order valence-corrected chi connectivity index (χ2v) is 8.78. The summed E-state index contributed by atoms with van der Waals surface area (Å²) in [5.74, 6) is 1.17. The van der Waals surface area contributed by atoms with Crippen molar-refractivity contribution in [3.63, 3.8) is 0 Å². The number of thiazole rings is 1. The summed E-state index contributed by atoms with van der Waals surface area (Å²) in [6.45, 7) is 2.44. The minimum Gasteiger partial charge on any atom is -0.457 e. The van der Waals surface area contributed by atoms with E-state index < -0.39 is 0 Å². The number of anilines is 1. The second kappa shape index (κ2) is 9.85. The molecule has 5 rings (SSSR count). The van der Waals surface area contributed by atoms with Gasteiger partial charge < -0.3 is 4.74 Å². The Morgan fingerprint density at radius 3 is 2.50 bits per heavy atom. The SMILES string of the molecule is CCc1cccc2sc(N(Cc3ccccn3)C(=O)c3cccc(Oc4ccccc4)c3)nc12. The van der Waals surface area contributed by atoms with Crippen molar-refractivity contribution in [3.8, 4) is 11.5 Å². The van der Waals surface area contributed by atoms with E-state index in [4.69, 9.17) is 9.72 Å². The molecule has 0 spiro atoms. The number of aromatic nitrogens is 2. The van der Waals surface area contributed by atoms with E-state index in [0.717, 1.165) is 28.1 Å². The van der Waals surface area contributed by atoms with Gasteiger partial charge in [0.25, 0.3) is 5.91 Å². The van der Waals surface area contributed by atoms with Gasteiger partial charge in [0.15, 0.2) is 5.13 Å². The van der Waals surface area contributed by atoms with Gasteiger partial charge in [0.05, 0.1) is 22.5 Å². The molecule has 2 heterocycles. The van der Waals surface area contributed by atoms with Crippen molar-refractivity contribution in [2.45, 2.75) is 19.9 Å². The molecule has 0 fully saturated rings.